The predicted molar refractivity (Wildman–Crippen MR) is 124 cm³/mol. The topological polar surface area (TPSA) is 60.6 Å². The Balaban J connectivity index is 1.17. The van der Waals surface area contributed by atoms with E-state index >= 15 is 0 Å². The van der Waals surface area contributed by atoms with Crippen LogP contribution >= 0.6 is 0 Å². The van der Waals surface area contributed by atoms with Gasteiger partial charge in [0, 0.05) is 49.6 Å². The van der Waals surface area contributed by atoms with E-state index in [0.717, 1.165) is 50.0 Å². The number of nitrogens with zero attached hydrogens (tertiary/aromatic N) is 2. The molecule has 1 aromatic carbocycles. The zero-order valence-electron chi connectivity index (χ0n) is 19.1. The Labute approximate surface area is 189 Å². The molecule has 2 aromatic rings. The molecule has 0 atom stereocenters. The predicted octanol–water partition coefficient (Wildman–Crippen LogP) is 3.62. The van der Waals surface area contributed by atoms with E-state index in [1.165, 1.54) is 44.8 Å². The summed E-state index contributed by atoms with van der Waals surface area (Å²) in [4.78, 5) is 21.3. The second kappa shape index (κ2) is 9.40. The summed E-state index contributed by atoms with van der Waals surface area (Å²) in [5.74, 6) is 0.241. The minimum Gasteiger partial charge on any atom is -0.492 e. The first kappa shape index (κ1) is 21.7. The van der Waals surface area contributed by atoms with Crippen LogP contribution in [0.5, 0.6) is 5.75 Å². The minimum atomic E-state index is -0.259. The molecule has 3 aliphatic rings. The van der Waals surface area contributed by atoms with Crippen LogP contribution in [0, 0.1) is 12.7 Å². The van der Waals surface area contributed by atoms with Crippen molar-refractivity contribution in [3.8, 4) is 5.75 Å². The number of fused-ring (bicyclic) bond motifs is 3. The third-order valence-corrected chi connectivity index (χ3v) is 7.52. The van der Waals surface area contributed by atoms with Gasteiger partial charge < -0.3 is 24.8 Å². The summed E-state index contributed by atoms with van der Waals surface area (Å²) in [5, 5.41) is 4.05. The van der Waals surface area contributed by atoms with E-state index in [-0.39, 0.29) is 17.8 Å². The summed E-state index contributed by atoms with van der Waals surface area (Å²) in [6.07, 6.45) is 7.95. The van der Waals surface area contributed by atoms with Crippen molar-refractivity contribution in [2.45, 2.75) is 57.9 Å². The van der Waals surface area contributed by atoms with Crippen LogP contribution in [-0.4, -0.2) is 72.6 Å². The van der Waals surface area contributed by atoms with Crippen LogP contribution in [0.15, 0.2) is 6.07 Å². The zero-order chi connectivity index (χ0) is 22.1. The summed E-state index contributed by atoms with van der Waals surface area (Å²) >= 11 is 0. The molecular weight excluding hydrogens is 407 g/mol. The maximum absolute atomic E-state index is 14.4. The molecule has 7 heteroatoms. The fraction of sp³-hybridized carbons (Fsp3) is 0.640. The van der Waals surface area contributed by atoms with Crippen molar-refractivity contribution in [3.05, 3.63) is 28.7 Å². The molecule has 1 amide bonds. The number of piperidine rings is 1. The van der Waals surface area contributed by atoms with E-state index in [1.54, 1.807) is 0 Å². The van der Waals surface area contributed by atoms with Gasteiger partial charge >= 0.3 is 0 Å². The highest BCUT2D eigenvalue weighted by atomic mass is 19.1. The molecule has 2 saturated heterocycles. The average molecular weight is 443 g/mol. The number of halogens is 1. The van der Waals surface area contributed by atoms with Gasteiger partial charge in [-0.3, -0.25) is 4.79 Å². The number of carbonyl (C=O) groups excluding carboxylic acids is 1. The van der Waals surface area contributed by atoms with Crippen molar-refractivity contribution < 1.29 is 13.9 Å². The van der Waals surface area contributed by atoms with E-state index in [9.17, 15) is 9.18 Å². The molecule has 3 aliphatic heterocycles. The number of aryl methyl sites for hydroxylation is 1. The fourth-order valence-electron chi connectivity index (χ4n) is 5.57. The van der Waals surface area contributed by atoms with Crippen LogP contribution in [0.2, 0.25) is 0 Å². The fourth-order valence-corrected chi connectivity index (χ4v) is 5.57. The molecule has 0 bridgehead atoms. The van der Waals surface area contributed by atoms with Gasteiger partial charge in [-0.15, -0.1) is 0 Å². The van der Waals surface area contributed by atoms with Crippen molar-refractivity contribution in [1.82, 2.24) is 20.1 Å². The molecule has 0 unspecified atom stereocenters. The van der Waals surface area contributed by atoms with Gasteiger partial charge in [-0.1, -0.05) is 12.8 Å². The van der Waals surface area contributed by atoms with E-state index in [0.29, 0.717) is 35.6 Å². The van der Waals surface area contributed by atoms with Gasteiger partial charge in [-0.25, -0.2) is 4.39 Å². The number of hydrogen-bond acceptors (Lipinski definition) is 4. The minimum absolute atomic E-state index is 0.103. The second-order valence-corrected chi connectivity index (χ2v) is 9.66. The Kier molecular flexibility index (Phi) is 6.37. The first-order valence-corrected chi connectivity index (χ1v) is 12.3. The van der Waals surface area contributed by atoms with E-state index in [1.807, 2.05) is 6.92 Å². The van der Waals surface area contributed by atoms with Crippen molar-refractivity contribution in [3.63, 3.8) is 0 Å². The van der Waals surface area contributed by atoms with Crippen molar-refractivity contribution in [1.29, 1.82) is 0 Å². The number of hydrogen-bond donors (Lipinski definition) is 2. The third kappa shape index (κ3) is 4.37. The number of ether oxygens (including phenoxy) is 1. The maximum Gasteiger partial charge on any atom is 0.268 e. The smallest absolute Gasteiger partial charge is 0.268 e. The summed E-state index contributed by atoms with van der Waals surface area (Å²) in [7, 11) is 0. The van der Waals surface area contributed by atoms with Crippen LogP contribution < -0.4 is 10.1 Å². The molecule has 0 saturated carbocycles. The van der Waals surface area contributed by atoms with Gasteiger partial charge in [0.2, 0.25) is 0 Å². The number of aromatic nitrogens is 1. The first-order valence-electron chi connectivity index (χ1n) is 12.3. The molecular formula is C25H35FN4O2. The van der Waals surface area contributed by atoms with Gasteiger partial charge in [0.1, 0.15) is 17.3 Å². The van der Waals surface area contributed by atoms with Gasteiger partial charge in [0.15, 0.2) is 0 Å². The lowest BCUT2D eigenvalue weighted by Crippen LogP contribution is -2.46. The molecule has 0 aliphatic carbocycles. The molecule has 5 rings (SSSR count). The summed E-state index contributed by atoms with van der Waals surface area (Å²) in [6.45, 7) is 9.23. The van der Waals surface area contributed by atoms with Gasteiger partial charge in [-0.2, -0.15) is 0 Å². The van der Waals surface area contributed by atoms with E-state index in [4.69, 9.17) is 4.74 Å². The van der Waals surface area contributed by atoms with Gasteiger partial charge in [0.25, 0.3) is 5.91 Å². The Morgan fingerprint density at radius 1 is 1.12 bits per heavy atom. The first-order chi connectivity index (χ1) is 15.6. The van der Waals surface area contributed by atoms with Crippen LogP contribution in [-0.2, 0) is 6.42 Å². The number of carbonyl (C=O) groups is 1. The van der Waals surface area contributed by atoms with Crippen LogP contribution in [0.1, 0.15) is 60.1 Å². The van der Waals surface area contributed by atoms with Gasteiger partial charge in [-0.05, 0) is 57.3 Å². The summed E-state index contributed by atoms with van der Waals surface area (Å²) in [5.41, 5.74) is 2.62. The molecule has 32 heavy (non-hydrogen) atoms. The maximum atomic E-state index is 14.4. The molecule has 4 heterocycles. The lowest BCUT2D eigenvalue weighted by molar-refractivity contribution is 0.0902. The molecule has 0 radical (unpaired) electrons. The Morgan fingerprint density at radius 2 is 1.81 bits per heavy atom. The average Bonchev–Trinajstić information content (AvgIpc) is 3.30. The largest absolute Gasteiger partial charge is 0.492 e. The lowest BCUT2D eigenvalue weighted by Gasteiger charge is -2.33. The van der Waals surface area contributed by atoms with Crippen molar-refractivity contribution in [2.24, 2.45) is 0 Å². The highest BCUT2D eigenvalue weighted by Gasteiger charge is 2.27. The molecule has 2 fully saturated rings. The number of nitrogens with one attached hydrogen (secondary N) is 2. The number of benzene rings is 1. The molecule has 0 spiro atoms. The standard InChI is InChI=1S/C25H35FN4O2/c1-17-22-21(16-20(26)19-8-15-32-24(19)22)28-23(17)25(31)27-18-6-11-30(12-7-18)14-13-29-9-4-2-3-5-10-29/h16,18,28H,2-15H2,1H3,(H,27,31). The number of H-pyrrole nitrogens is 1. The Hall–Kier alpha value is -2.12. The van der Waals surface area contributed by atoms with Gasteiger partial charge in [0.05, 0.1) is 12.1 Å². The quantitative estimate of drug-likeness (QED) is 0.743. The highest BCUT2D eigenvalue weighted by Crippen LogP contribution is 2.39. The molecule has 6 nitrogen and oxygen atoms in total. The number of rotatable bonds is 5. The highest BCUT2D eigenvalue weighted by molar-refractivity contribution is 6.03. The summed E-state index contributed by atoms with van der Waals surface area (Å²) in [6, 6.07) is 1.68. The number of amides is 1. The summed E-state index contributed by atoms with van der Waals surface area (Å²) < 4.78 is 20.1. The van der Waals surface area contributed by atoms with Crippen LogP contribution in [0.3, 0.4) is 0 Å². The van der Waals surface area contributed by atoms with E-state index < -0.39 is 0 Å². The van der Waals surface area contributed by atoms with Crippen molar-refractivity contribution >= 4 is 16.8 Å². The van der Waals surface area contributed by atoms with Crippen LogP contribution in [0.4, 0.5) is 4.39 Å². The second-order valence-electron chi connectivity index (χ2n) is 9.66. The molecule has 2 N–H and O–H groups in total. The third-order valence-electron chi connectivity index (χ3n) is 7.52. The number of aromatic amines is 1. The molecule has 1 aromatic heterocycles. The lowest BCUT2D eigenvalue weighted by atomic mass is 10.0. The Bertz CT molecular complexity index is 972. The zero-order valence-corrected chi connectivity index (χ0v) is 19.1. The van der Waals surface area contributed by atoms with Crippen LogP contribution in [0.25, 0.3) is 10.9 Å². The van der Waals surface area contributed by atoms with Crippen molar-refractivity contribution in [2.75, 3.05) is 45.9 Å². The monoisotopic (exact) mass is 442 g/mol. The normalized spacial score (nSPS) is 20.8. The molecule has 174 valence electrons. The SMILES string of the molecule is Cc1c(C(=O)NC2CCN(CCN3CCCCCC3)CC2)[nH]c2cc(F)c3c(c12)OCC3. The number of likely N-dealkylation sites (tertiary alicyclic amines) is 2. The van der Waals surface area contributed by atoms with E-state index in [2.05, 4.69) is 20.1 Å². The Morgan fingerprint density at radius 3 is 2.53 bits per heavy atom.